The minimum Gasteiger partial charge on any atom is -0.338 e. The van der Waals surface area contributed by atoms with E-state index in [1.807, 2.05) is 0 Å². The second-order valence-electron chi connectivity index (χ2n) is 6.92. The fraction of sp³-hybridized carbons (Fsp3) is 0.938. The lowest BCUT2D eigenvalue weighted by Crippen LogP contribution is -2.58. The highest BCUT2D eigenvalue weighted by Crippen LogP contribution is 2.32. The number of nitrogens with zero attached hydrogens (tertiary/aromatic N) is 1. The van der Waals surface area contributed by atoms with Crippen LogP contribution in [0.1, 0.15) is 65.7 Å². The van der Waals surface area contributed by atoms with Gasteiger partial charge in [-0.3, -0.25) is 4.79 Å². The molecular formula is C16H30N2O. The summed E-state index contributed by atoms with van der Waals surface area (Å²) in [6.07, 6.45) is 8.37. The van der Waals surface area contributed by atoms with E-state index in [2.05, 4.69) is 31.0 Å². The Morgan fingerprint density at radius 1 is 1.26 bits per heavy atom. The lowest BCUT2D eigenvalue weighted by Gasteiger charge is -2.42. The van der Waals surface area contributed by atoms with Crippen LogP contribution < -0.4 is 5.32 Å². The predicted molar refractivity (Wildman–Crippen MR) is 79.1 cm³/mol. The monoisotopic (exact) mass is 266 g/mol. The van der Waals surface area contributed by atoms with E-state index >= 15 is 0 Å². The van der Waals surface area contributed by atoms with Gasteiger partial charge in [0.1, 0.15) is 0 Å². The zero-order chi connectivity index (χ0) is 13.9. The Morgan fingerprint density at radius 2 is 2.05 bits per heavy atom. The Kier molecular flexibility index (Phi) is 4.88. The first kappa shape index (κ1) is 14.8. The largest absolute Gasteiger partial charge is 0.338 e. The van der Waals surface area contributed by atoms with Crippen molar-refractivity contribution in [2.75, 3.05) is 13.1 Å². The fourth-order valence-corrected chi connectivity index (χ4v) is 3.69. The highest BCUT2D eigenvalue weighted by atomic mass is 16.2. The summed E-state index contributed by atoms with van der Waals surface area (Å²) in [5.74, 6) is 0.360. The molecule has 3 heteroatoms. The minimum absolute atomic E-state index is 0.0217. The van der Waals surface area contributed by atoms with Crippen molar-refractivity contribution in [2.24, 2.45) is 5.41 Å². The zero-order valence-corrected chi connectivity index (χ0v) is 12.9. The quantitative estimate of drug-likeness (QED) is 0.833. The van der Waals surface area contributed by atoms with Crippen molar-refractivity contribution in [1.29, 1.82) is 0 Å². The molecule has 2 rings (SSSR count). The molecule has 2 aliphatic rings. The topological polar surface area (TPSA) is 32.3 Å². The van der Waals surface area contributed by atoms with Crippen LogP contribution in [0.4, 0.5) is 0 Å². The van der Waals surface area contributed by atoms with Crippen LogP contribution in [0.2, 0.25) is 0 Å². The van der Waals surface area contributed by atoms with Gasteiger partial charge in [-0.15, -0.1) is 0 Å². The standard InChI is InChI=1S/C16H30N2O/c1-4-13-9-6-5-7-12-18(13)15(19)14-16(2,3)10-8-11-17-14/h13-14,17H,4-12H2,1-3H3. The molecule has 1 N–H and O–H groups in total. The number of hydrogen-bond donors (Lipinski definition) is 1. The minimum atomic E-state index is 0.0217. The SMILES string of the molecule is CCC1CCCCCN1C(=O)C1NCCCC1(C)C. The predicted octanol–water partition coefficient (Wildman–Crippen LogP) is 2.95. The molecule has 0 aliphatic carbocycles. The van der Waals surface area contributed by atoms with Crippen LogP contribution in [0.25, 0.3) is 0 Å². The third kappa shape index (κ3) is 3.31. The summed E-state index contributed by atoms with van der Waals surface area (Å²) in [6, 6.07) is 0.489. The van der Waals surface area contributed by atoms with Gasteiger partial charge in [-0.2, -0.15) is 0 Å². The number of nitrogens with one attached hydrogen (secondary N) is 1. The molecule has 0 aromatic carbocycles. The molecule has 0 aromatic heterocycles. The summed E-state index contributed by atoms with van der Waals surface area (Å²) < 4.78 is 0. The van der Waals surface area contributed by atoms with Crippen molar-refractivity contribution >= 4 is 5.91 Å². The van der Waals surface area contributed by atoms with Crippen molar-refractivity contribution in [3.63, 3.8) is 0 Å². The van der Waals surface area contributed by atoms with Crippen molar-refractivity contribution < 1.29 is 4.79 Å². The summed E-state index contributed by atoms with van der Waals surface area (Å²) >= 11 is 0. The summed E-state index contributed by atoms with van der Waals surface area (Å²) in [7, 11) is 0. The number of carbonyl (C=O) groups excluding carboxylic acids is 1. The van der Waals surface area contributed by atoms with Crippen LogP contribution in [0, 0.1) is 5.41 Å². The molecule has 0 radical (unpaired) electrons. The van der Waals surface area contributed by atoms with Crippen LogP contribution in [0.3, 0.4) is 0 Å². The van der Waals surface area contributed by atoms with E-state index in [0.29, 0.717) is 11.9 Å². The van der Waals surface area contributed by atoms with Crippen molar-refractivity contribution in [2.45, 2.75) is 77.8 Å². The number of likely N-dealkylation sites (tertiary alicyclic amines) is 1. The Hall–Kier alpha value is -0.570. The van der Waals surface area contributed by atoms with E-state index < -0.39 is 0 Å². The van der Waals surface area contributed by atoms with Gasteiger partial charge in [-0.1, -0.05) is 33.6 Å². The Bertz CT molecular complexity index is 314. The smallest absolute Gasteiger partial charge is 0.240 e. The maximum atomic E-state index is 13.0. The normalized spacial score (nSPS) is 31.8. The molecule has 2 unspecified atom stereocenters. The number of carbonyl (C=O) groups is 1. The lowest BCUT2D eigenvalue weighted by atomic mass is 9.77. The second kappa shape index (κ2) is 6.25. The Labute approximate surface area is 118 Å². The van der Waals surface area contributed by atoms with Crippen LogP contribution in [-0.4, -0.2) is 36.0 Å². The van der Waals surface area contributed by atoms with Crippen LogP contribution in [0.5, 0.6) is 0 Å². The van der Waals surface area contributed by atoms with E-state index in [0.717, 1.165) is 25.9 Å². The molecule has 0 saturated carbocycles. The second-order valence-corrected chi connectivity index (χ2v) is 6.92. The third-order valence-corrected chi connectivity index (χ3v) is 5.01. The molecule has 1 amide bonds. The molecule has 2 heterocycles. The first-order valence-electron chi connectivity index (χ1n) is 8.10. The Morgan fingerprint density at radius 3 is 2.74 bits per heavy atom. The average Bonchev–Trinajstić information content (AvgIpc) is 2.62. The van der Waals surface area contributed by atoms with E-state index in [1.165, 1.54) is 32.1 Å². The highest BCUT2D eigenvalue weighted by molar-refractivity contribution is 5.83. The van der Waals surface area contributed by atoms with Gasteiger partial charge in [0.25, 0.3) is 0 Å². The van der Waals surface area contributed by atoms with Crippen molar-refractivity contribution in [1.82, 2.24) is 10.2 Å². The molecule has 0 bridgehead atoms. The molecule has 19 heavy (non-hydrogen) atoms. The van der Waals surface area contributed by atoms with Gasteiger partial charge in [-0.05, 0) is 44.1 Å². The maximum absolute atomic E-state index is 13.0. The summed E-state index contributed by atoms with van der Waals surface area (Å²) in [5, 5.41) is 3.48. The molecule has 3 nitrogen and oxygen atoms in total. The number of amides is 1. The highest BCUT2D eigenvalue weighted by Gasteiger charge is 2.40. The third-order valence-electron chi connectivity index (χ3n) is 5.01. The number of hydrogen-bond acceptors (Lipinski definition) is 2. The van der Waals surface area contributed by atoms with E-state index in [-0.39, 0.29) is 11.5 Å². The number of rotatable bonds is 2. The summed E-state index contributed by atoms with van der Waals surface area (Å²) in [5.41, 5.74) is 0.0972. The zero-order valence-electron chi connectivity index (χ0n) is 12.9. The van der Waals surface area contributed by atoms with Gasteiger partial charge >= 0.3 is 0 Å². The van der Waals surface area contributed by atoms with Gasteiger partial charge in [0.15, 0.2) is 0 Å². The average molecular weight is 266 g/mol. The van der Waals surface area contributed by atoms with Crippen LogP contribution in [-0.2, 0) is 4.79 Å². The molecule has 2 saturated heterocycles. The van der Waals surface area contributed by atoms with E-state index in [1.54, 1.807) is 0 Å². The maximum Gasteiger partial charge on any atom is 0.240 e. The van der Waals surface area contributed by atoms with Gasteiger partial charge in [0, 0.05) is 12.6 Å². The number of piperidine rings is 1. The molecule has 2 atom stereocenters. The molecular weight excluding hydrogens is 236 g/mol. The van der Waals surface area contributed by atoms with E-state index in [4.69, 9.17) is 0 Å². The van der Waals surface area contributed by atoms with Gasteiger partial charge in [-0.25, -0.2) is 0 Å². The summed E-state index contributed by atoms with van der Waals surface area (Å²) in [6.45, 7) is 8.65. The molecule has 2 aliphatic heterocycles. The first-order valence-corrected chi connectivity index (χ1v) is 8.10. The molecule has 2 fully saturated rings. The van der Waals surface area contributed by atoms with Gasteiger partial charge in [0.2, 0.25) is 5.91 Å². The van der Waals surface area contributed by atoms with Gasteiger partial charge in [0.05, 0.1) is 6.04 Å². The molecule has 0 spiro atoms. The Balaban J connectivity index is 2.11. The molecule has 0 aromatic rings. The van der Waals surface area contributed by atoms with Crippen LogP contribution in [0.15, 0.2) is 0 Å². The molecule has 110 valence electrons. The van der Waals surface area contributed by atoms with Crippen molar-refractivity contribution in [3.05, 3.63) is 0 Å². The lowest BCUT2D eigenvalue weighted by molar-refractivity contribution is -0.139. The van der Waals surface area contributed by atoms with E-state index in [9.17, 15) is 4.79 Å². The van der Waals surface area contributed by atoms with Crippen molar-refractivity contribution in [3.8, 4) is 0 Å². The summed E-state index contributed by atoms with van der Waals surface area (Å²) in [4.78, 5) is 15.1. The van der Waals surface area contributed by atoms with Gasteiger partial charge < -0.3 is 10.2 Å². The van der Waals surface area contributed by atoms with Crippen LogP contribution >= 0.6 is 0 Å². The first-order chi connectivity index (χ1) is 9.06. The fourth-order valence-electron chi connectivity index (χ4n) is 3.69.